The van der Waals surface area contributed by atoms with Crippen LogP contribution >= 0.6 is 0 Å². The number of nitrogens with one attached hydrogen (secondary N) is 1. The minimum atomic E-state index is -3.63. The van der Waals surface area contributed by atoms with E-state index in [1.54, 1.807) is 75.4 Å². The zero-order valence-corrected chi connectivity index (χ0v) is 21.2. The van der Waals surface area contributed by atoms with Crippen molar-refractivity contribution in [3.05, 3.63) is 83.7 Å². The molecule has 0 saturated carbocycles. The molecule has 0 aliphatic rings. The van der Waals surface area contributed by atoms with Crippen LogP contribution in [0.2, 0.25) is 0 Å². The van der Waals surface area contributed by atoms with Crippen molar-refractivity contribution in [1.82, 2.24) is 5.32 Å². The zero-order chi connectivity index (χ0) is 26.3. The number of ketones is 1. The number of Topliss-reactive ketones (excluding diaryl/α,β-unsaturated/α-hetero) is 1. The number of sulfone groups is 1. The van der Waals surface area contributed by atoms with E-state index in [0.29, 0.717) is 39.0 Å². The summed E-state index contributed by atoms with van der Waals surface area (Å²) in [6.07, 6.45) is 0. The van der Waals surface area contributed by atoms with Crippen LogP contribution in [0.5, 0.6) is 0 Å². The van der Waals surface area contributed by atoms with Crippen molar-refractivity contribution in [3.63, 3.8) is 0 Å². The molecule has 0 bridgehead atoms. The van der Waals surface area contributed by atoms with Gasteiger partial charge in [0.05, 0.1) is 10.3 Å². The van der Waals surface area contributed by atoms with Crippen LogP contribution in [0.25, 0.3) is 33.4 Å². The Labute approximate surface area is 209 Å². The van der Waals surface area contributed by atoms with Crippen molar-refractivity contribution < 1.29 is 26.8 Å². The largest absolute Gasteiger partial charge is 0.455 e. The van der Waals surface area contributed by atoms with Crippen molar-refractivity contribution in [3.8, 4) is 22.5 Å². The maximum atomic E-state index is 13.4. The molecule has 4 aromatic rings. The van der Waals surface area contributed by atoms with Gasteiger partial charge in [-0.1, -0.05) is 24.3 Å². The zero-order valence-electron chi connectivity index (χ0n) is 20.4. The number of benzene rings is 3. The van der Waals surface area contributed by atoms with Crippen LogP contribution in [-0.2, 0) is 9.84 Å². The van der Waals surface area contributed by atoms with Crippen LogP contribution in [0.15, 0.2) is 71.1 Å². The summed E-state index contributed by atoms with van der Waals surface area (Å²) in [7, 11) is -2.11. The fourth-order valence-corrected chi connectivity index (χ4v) is 4.72. The second-order valence-electron chi connectivity index (χ2n) is 9.48. The topological polar surface area (TPSA) is 93.4 Å². The first-order valence-corrected chi connectivity index (χ1v) is 13.0. The minimum absolute atomic E-state index is 0.283. The highest BCUT2D eigenvalue weighted by Crippen LogP contribution is 2.36. The Morgan fingerprint density at radius 2 is 1.56 bits per heavy atom. The first-order chi connectivity index (χ1) is 16.9. The average Bonchev–Trinajstić information content (AvgIpc) is 3.22. The van der Waals surface area contributed by atoms with Crippen molar-refractivity contribution in [2.24, 2.45) is 0 Å². The summed E-state index contributed by atoms with van der Waals surface area (Å²) in [5, 5.41) is 3.18. The Balaban J connectivity index is 1.78. The summed E-state index contributed by atoms with van der Waals surface area (Å²) in [6.45, 7) is 4.70. The molecular formula is C28H26FNO5S. The molecule has 1 aromatic heterocycles. The van der Waals surface area contributed by atoms with Gasteiger partial charge >= 0.3 is 0 Å². The van der Waals surface area contributed by atoms with E-state index in [1.165, 1.54) is 19.2 Å². The van der Waals surface area contributed by atoms with Crippen molar-refractivity contribution in [1.29, 1.82) is 0 Å². The van der Waals surface area contributed by atoms with Crippen molar-refractivity contribution in [2.75, 3.05) is 12.8 Å². The second-order valence-corrected chi connectivity index (χ2v) is 12.2. The molecule has 0 spiro atoms. The number of halogens is 1. The number of furan rings is 1. The maximum absolute atomic E-state index is 13.4. The number of rotatable bonds is 6. The lowest BCUT2D eigenvalue weighted by molar-refractivity contribution is 0.0963. The third kappa shape index (κ3) is 4.81. The van der Waals surface area contributed by atoms with Gasteiger partial charge in [0.25, 0.3) is 5.91 Å². The molecule has 6 nitrogen and oxygen atoms in total. The van der Waals surface area contributed by atoms with Gasteiger partial charge in [-0.15, -0.1) is 0 Å². The molecule has 4 rings (SSSR count). The van der Waals surface area contributed by atoms with Gasteiger partial charge in [0, 0.05) is 23.6 Å². The maximum Gasteiger partial charge on any atom is 0.255 e. The highest BCUT2D eigenvalue weighted by molar-refractivity contribution is 7.93. The third-order valence-corrected chi connectivity index (χ3v) is 8.53. The number of fused-ring (bicyclic) bond motifs is 1. The van der Waals surface area contributed by atoms with E-state index < -0.39 is 31.9 Å². The summed E-state index contributed by atoms with van der Waals surface area (Å²) >= 11 is 0. The summed E-state index contributed by atoms with van der Waals surface area (Å²) in [4.78, 5) is 25.6. The molecule has 36 heavy (non-hydrogen) atoms. The standard InChI is InChI=1S/C28H26FNO5S/c1-28(2,3)36(33,34)16-23(31)20-7-5-6-18(14-20)19-10-13-24-22(15-19)25(27(32)30-4)26(35-24)17-8-11-21(29)12-9-17/h5-15H,16H2,1-4H3,(H,30,32). The smallest absolute Gasteiger partial charge is 0.255 e. The molecule has 0 unspecified atom stereocenters. The fourth-order valence-electron chi connectivity index (χ4n) is 3.78. The van der Waals surface area contributed by atoms with Gasteiger partial charge in [-0.05, 0) is 74.4 Å². The van der Waals surface area contributed by atoms with E-state index in [-0.39, 0.29) is 11.5 Å². The van der Waals surface area contributed by atoms with Crippen LogP contribution in [0.4, 0.5) is 4.39 Å². The second kappa shape index (κ2) is 9.35. The molecule has 186 valence electrons. The Morgan fingerprint density at radius 3 is 2.19 bits per heavy atom. The predicted molar refractivity (Wildman–Crippen MR) is 138 cm³/mol. The van der Waals surface area contributed by atoms with Crippen LogP contribution in [0.3, 0.4) is 0 Å². The lowest BCUT2D eigenvalue weighted by Gasteiger charge is -2.18. The molecule has 1 amide bonds. The first kappa shape index (κ1) is 25.3. The quantitative estimate of drug-likeness (QED) is 0.340. The predicted octanol–water partition coefficient (Wildman–Crippen LogP) is 5.66. The normalized spacial score (nSPS) is 12.0. The molecule has 0 aliphatic heterocycles. The number of hydrogen-bond acceptors (Lipinski definition) is 5. The molecule has 0 saturated heterocycles. The van der Waals surface area contributed by atoms with Crippen LogP contribution < -0.4 is 5.32 Å². The Kier molecular flexibility index (Phi) is 6.58. The molecular weight excluding hydrogens is 481 g/mol. The van der Waals surface area contributed by atoms with E-state index >= 15 is 0 Å². The summed E-state index contributed by atoms with van der Waals surface area (Å²) < 4.78 is 43.4. The fraction of sp³-hybridized carbons (Fsp3) is 0.214. The van der Waals surface area contributed by atoms with Crippen LogP contribution in [0, 0.1) is 5.82 Å². The van der Waals surface area contributed by atoms with Crippen LogP contribution in [-0.4, -0.2) is 37.7 Å². The van der Waals surface area contributed by atoms with E-state index in [4.69, 9.17) is 4.42 Å². The van der Waals surface area contributed by atoms with Gasteiger partial charge in [-0.2, -0.15) is 0 Å². The van der Waals surface area contributed by atoms with Gasteiger partial charge in [-0.3, -0.25) is 9.59 Å². The van der Waals surface area contributed by atoms with E-state index in [2.05, 4.69) is 5.32 Å². The average molecular weight is 508 g/mol. The van der Waals surface area contributed by atoms with Gasteiger partial charge in [0.15, 0.2) is 15.6 Å². The number of carbonyl (C=O) groups excluding carboxylic acids is 2. The number of carbonyl (C=O) groups is 2. The third-order valence-electron chi connectivity index (χ3n) is 6.02. The molecule has 0 fully saturated rings. The molecule has 0 atom stereocenters. The Bertz CT molecular complexity index is 1580. The minimum Gasteiger partial charge on any atom is -0.455 e. The van der Waals surface area contributed by atoms with Crippen LogP contribution in [0.1, 0.15) is 41.5 Å². The van der Waals surface area contributed by atoms with E-state index in [0.717, 1.165) is 0 Å². The first-order valence-electron chi connectivity index (χ1n) is 11.3. The number of hydrogen-bond donors (Lipinski definition) is 1. The van der Waals surface area contributed by atoms with Crippen molar-refractivity contribution in [2.45, 2.75) is 25.5 Å². The van der Waals surface area contributed by atoms with Gasteiger partial charge in [0.2, 0.25) is 0 Å². The monoisotopic (exact) mass is 507 g/mol. The van der Waals surface area contributed by atoms with Gasteiger partial charge in [0.1, 0.15) is 22.9 Å². The Hall–Kier alpha value is -3.78. The molecule has 0 radical (unpaired) electrons. The summed E-state index contributed by atoms with van der Waals surface area (Å²) in [6, 6.07) is 17.7. The Morgan fingerprint density at radius 1 is 0.917 bits per heavy atom. The van der Waals surface area contributed by atoms with Gasteiger partial charge in [-0.25, -0.2) is 12.8 Å². The van der Waals surface area contributed by atoms with E-state index in [1.807, 2.05) is 0 Å². The summed E-state index contributed by atoms with van der Waals surface area (Å²) in [5.41, 5.74) is 3.02. The van der Waals surface area contributed by atoms with E-state index in [9.17, 15) is 22.4 Å². The van der Waals surface area contributed by atoms with Crippen molar-refractivity contribution >= 4 is 32.5 Å². The molecule has 3 aromatic carbocycles. The highest BCUT2D eigenvalue weighted by Gasteiger charge is 2.31. The summed E-state index contributed by atoms with van der Waals surface area (Å²) in [5.74, 6) is -1.51. The molecule has 1 heterocycles. The lowest BCUT2D eigenvalue weighted by atomic mass is 9.98. The number of amides is 1. The molecule has 0 aliphatic carbocycles. The van der Waals surface area contributed by atoms with Gasteiger partial charge < -0.3 is 9.73 Å². The highest BCUT2D eigenvalue weighted by atomic mass is 32.2. The molecule has 8 heteroatoms. The SMILES string of the molecule is CNC(=O)c1c(-c2ccc(F)cc2)oc2ccc(-c3cccc(C(=O)CS(=O)(=O)C(C)(C)C)c3)cc12. The lowest BCUT2D eigenvalue weighted by Crippen LogP contribution is -2.33. The molecule has 1 N–H and O–H groups in total.